The van der Waals surface area contributed by atoms with E-state index < -0.39 is 10.0 Å². The van der Waals surface area contributed by atoms with Crippen LogP contribution in [0.15, 0.2) is 24.4 Å². The minimum Gasteiger partial charge on any atom is -0.398 e. The first kappa shape index (κ1) is 10.7. The predicted molar refractivity (Wildman–Crippen MR) is 69.3 cm³/mol. The highest BCUT2D eigenvalue weighted by Gasteiger charge is 2.14. The van der Waals surface area contributed by atoms with Gasteiger partial charge in [-0.05, 0) is 34.7 Å². The summed E-state index contributed by atoms with van der Waals surface area (Å²) in [7, 11) is -3.27. The standard InChI is InChI=1S/C9H9IN2O2S/c1-15(13,14)12-5-6(10)9-7(11)3-2-4-8(9)12/h2-5H,11H2,1H3. The van der Waals surface area contributed by atoms with Gasteiger partial charge in [0.2, 0.25) is 10.0 Å². The summed E-state index contributed by atoms with van der Waals surface area (Å²) in [5.41, 5.74) is 7.02. The van der Waals surface area contributed by atoms with E-state index >= 15 is 0 Å². The van der Waals surface area contributed by atoms with E-state index in [0.717, 1.165) is 8.96 Å². The zero-order valence-corrected chi connectivity index (χ0v) is 10.9. The molecule has 0 radical (unpaired) electrons. The molecule has 80 valence electrons. The van der Waals surface area contributed by atoms with Crippen molar-refractivity contribution < 1.29 is 8.42 Å². The molecule has 0 unspecified atom stereocenters. The van der Waals surface area contributed by atoms with Gasteiger partial charge >= 0.3 is 0 Å². The van der Waals surface area contributed by atoms with Crippen molar-refractivity contribution in [2.24, 2.45) is 0 Å². The molecule has 1 heterocycles. The summed E-state index contributed by atoms with van der Waals surface area (Å²) in [6, 6.07) is 5.25. The van der Waals surface area contributed by atoms with E-state index in [9.17, 15) is 8.42 Å². The third-order valence-corrected chi connectivity index (χ3v) is 3.97. The Labute approximate surface area is 101 Å². The van der Waals surface area contributed by atoms with Gasteiger partial charge in [-0.25, -0.2) is 12.4 Å². The summed E-state index contributed by atoms with van der Waals surface area (Å²) in [4.78, 5) is 0. The van der Waals surface area contributed by atoms with Crippen LogP contribution in [0, 0.1) is 3.57 Å². The number of nitrogens with zero attached hydrogens (tertiary/aromatic N) is 1. The largest absolute Gasteiger partial charge is 0.398 e. The Morgan fingerprint density at radius 1 is 1.40 bits per heavy atom. The maximum Gasteiger partial charge on any atom is 0.236 e. The van der Waals surface area contributed by atoms with E-state index in [0.29, 0.717) is 11.2 Å². The van der Waals surface area contributed by atoms with Gasteiger partial charge in [-0.15, -0.1) is 0 Å². The molecule has 0 saturated carbocycles. The van der Waals surface area contributed by atoms with Crippen molar-refractivity contribution in [3.63, 3.8) is 0 Å². The van der Waals surface area contributed by atoms with Crippen molar-refractivity contribution in [3.05, 3.63) is 28.0 Å². The number of rotatable bonds is 1. The van der Waals surface area contributed by atoms with Gasteiger partial charge in [-0.3, -0.25) is 0 Å². The topological polar surface area (TPSA) is 65.1 Å². The van der Waals surface area contributed by atoms with Crippen LogP contribution in [0.5, 0.6) is 0 Å². The van der Waals surface area contributed by atoms with Crippen molar-refractivity contribution in [2.75, 3.05) is 12.0 Å². The highest BCUT2D eigenvalue weighted by atomic mass is 127. The Kier molecular flexibility index (Phi) is 2.42. The Balaban J connectivity index is 2.98. The lowest BCUT2D eigenvalue weighted by atomic mass is 10.2. The van der Waals surface area contributed by atoms with Gasteiger partial charge in [0.25, 0.3) is 0 Å². The molecule has 0 aliphatic carbocycles. The molecular formula is C9H9IN2O2S. The minimum absolute atomic E-state index is 0.597. The monoisotopic (exact) mass is 336 g/mol. The minimum atomic E-state index is -3.27. The first-order valence-electron chi connectivity index (χ1n) is 4.17. The van der Waals surface area contributed by atoms with Crippen LogP contribution < -0.4 is 5.73 Å². The van der Waals surface area contributed by atoms with Crippen LogP contribution in [0.2, 0.25) is 0 Å². The molecule has 0 fully saturated rings. The lowest BCUT2D eigenvalue weighted by Gasteiger charge is -2.01. The first-order chi connectivity index (χ1) is 6.91. The number of fused-ring (bicyclic) bond motifs is 1. The molecule has 4 nitrogen and oxygen atoms in total. The molecule has 2 aromatic rings. The average Bonchev–Trinajstić information content (AvgIpc) is 2.44. The van der Waals surface area contributed by atoms with Gasteiger partial charge in [-0.1, -0.05) is 6.07 Å². The Bertz CT molecular complexity index is 631. The zero-order valence-electron chi connectivity index (χ0n) is 7.94. The third-order valence-electron chi connectivity index (χ3n) is 2.14. The van der Waals surface area contributed by atoms with Crippen LogP contribution >= 0.6 is 22.6 Å². The molecule has 1 aromatic heterocycles. The number of aromatic nitrogens is 1. The number of halogens is 1. The molecular weight excluding hydrogens is 327 g/mol. The highest BCUT2D eigenvalue weighted by Crippen LogP contribution is 2.28. The number of anilines is 1. The van der Waals surface area contributed by atoms with E-state index in [1.807, 2.05) is 0 Å². The van der Waals surface area contributed by atoms with Crippen LogP contribution in [-0.2, 0) is 10.0 Å². The van der Waals surface area contributed by atoms with E-state index in [1.54, 1.807) is 24.4 Å². The van der Waals surface area contributed by atoms with Gasteiger partial charge in [0.15, 0.2) is 0 Å². The quantitative estimate of drug-likeness (QED) is 0.636. The van der Waals surface area contributed by atoms with Gasteiger partial charge in [-0.2, -0.15) is 0 Å². The second kappa shape index (κ2) is 3.38. The summed E-state index contributed by atoms with van der Waals surface area (Å²) in [6.45, 7) is 0. The fourth-order valence-electron chi connectivity index (χ4n) is 1.51. The SMILES string of the molecule is CS(=O)(=O)n1cc(I)c2c(N)cccc21. The van der Waals surface area contributed by atoms with Gasteiger partial charge < -0.3 is 5.73 Å². The summed E-state index contributed by atoms with van der Waals surface area (Å²) < 4.78 is 25.1. The second-order valence-corrected chi connectivity index (χ2v) is 6.30. The molecule has 6 heteroatoms. The molecule has 0 spiro atoms. The van der Waals surface area contributed by atoms with Crippen LogP contribution in [0.4, 0.5) is 5.69 Å². The summed E-state index contributed by atoms with van der Waals surface area (Å²) in [5.74, 6) is 0. The lowest BCUT2D eigenvalue weighted by Crippen LogP contribution is -2.08. The molecule has 15 heavy (non-hydrogen) atoms. The fourth-order valence-corrected chi connectivity index (χ4v) is 3.37. The van der Waals surface area contributed by atoms with Gasteiger partial charge in [0.05, 0.1) is 11.8 Å². The molecule has 1 aromatic carbocycles. The predicted octanol–water partition coefficient (Wildman–Crippen LogP) is 1.64. The molecule has 0 bridgehead atoms. The molecule has 2 N–H and O–H groups in total. The van der Waals surface area contributed by atoms with E-state index in [4.69, 9.17) is 5.73 Å². The van der Waals surface area contributed by atoms with E-state index in [-0.39, 0.29) is 0 Å². The maximum absolute atomic E-state index is 11.5. The molecule has 0 aliphatic heterocycles. The van der Waals surface area contributed by atoms with Crippen molar-refractivity contribution in [2.45, 2.75) is 0 Å². The molecule has 2 rings (SSSR count). The molecule has 0 saturated heterocycles. The lowest BCUT2D eigenvalue weighted by molar-refractivity contribution is 0.595. The fraction of sp³-hybridized carbons (Fsp3) is 0.111. The smallest absolute Gasteiger partial charge is 0.236 e. The first-order valence-corrected chi connectivity index (χ1v) is 7.09. The molecule has 0 amide bonds. The summed E-state index contributed by atoms with van der Waals surface area (Å²) in [6.07, 6.45) is 2.75. The summed E-state index contributed by atoms with van der Waals surface area (Å²) in [5, 5.41) is 0.795. The number of hydrogen-bond acceptors (Lipinski definition) is 3. The normalized spacial score (nSPS) is 12.1. The van der Waals surface area contributed by atoms with Crippen LogP contribution in [0.3, 0.4) is 0 Å². The third kappa shape index (κ3) is 1.71. The number of benzene rings is 1. The van der Waals surface area contributed by atoms with Gasteiger partial charge in [0.1, 0.15) is 0 Å². The zero-order chi connectivity index (χ0) is 11.2. The second-order valence-electron chi connectivity index (χ2n) is 3.28. The Morgan fingerprint density at radius 3 is 2.67 bits per heavy atom. The van der Waals surface area contributed by atoms with Gasteiger partial charge in [0, 0.05) is 20.8 Å². The van der Waals surface area contributed by atoms with E-state index in [1.165, 1.54) is 10.2 Å². The number of hydrogen-bond donors (Lipinski definition) is 1. The highest BCUT2D eigenvalue weighted by molar-refractivity contribution is 14.1. The average molecular weight is 336 g/mol. The molecule has 0 atom stereocenters. The maximum atomic E-state index is 11.5. The summed E-state index contributed by atoms with van der Waals surface area (Å²) >= 11 is 2.08. The van der Waals surface area contributed by atoms with Crippen molar-refractivity contribution in [1.82, 2.24) is 3.97 Å². The van der Waals surface area contributed by atoms with Crippen molar-refractivity contribution in [1.29, 1.82) is 0 Å². The van der Waals surface area contributed by atoms with Crippen LogP contribution in [0.25, 0.3) is 10.9 Å². The number of nitrogens with two attached hydrogens (primary N) is 1. The number of nitrogen functional groups attached to an aromatic ring is 1. The van der Waals surface area contributed by atoms with Crippen molar-refractivity contribution >= 4 is 49.2 Å². The Morgan fingerprint density at radius 2 is 2.07 bits per heavy atom. The Hall–Kier alpha value is -0.760. The van der Waals surface area contributed by atoms with E-state index in [2.05, 4.69) is 22.6 Å². The van der Waals surface area contributed by atoms with Crippen molar-refractivity contribution in [3.8, 4) is 0 Å². The van der Waals surface area contributed by atoms with Crippen LogP contribution in [0.1, 0.15) is 0 Å². The molecule has 0 aliphatic rings. The van der Waals surface area contributed by atoms with Crippen LogP contribution in [-0.4, -0.2) is 18.6 Å².